The molecule has 0 fully saturated rings. The molecule has 0 saturated heterocycles. The van der Waals surface area contributed by atoms with E-state index in [9.17, 15) is 0 Å². The van der Waals surface area contributed by atoms with E-state index in [4.69, 9.17) is 4.42 Å². The summed E-state index contributed by atoms with van der Waals surface area (Å²) in [5, 5.41) is 4.79. The van der Waals surface area contributed by atoms with Gasteiger partial charge < -0.3 is 9.32 Å². The number of furan rings is 1. The molecule has 1 aliphatic carbocycles. The van der Waals surface area contributed by atoms with Crippen LogP contribution >= 0.6 is 0 Å². The second-order valence-corrected chi connectivity index (χ2v) is 11.0. The predicted molar refractivity (Wildman–Crippen MR) is 163 cm³/mol. The van der Waals surface area contributed by atoms with Gasteiger partial charge in [-0.15, -0.1) is 0 Å². The third-order valence-corrected chi connectivity index (χ3v) is 8.42. The lowest BCUT2D eigenvalue weighted by Crippen LogP contribution is -2.14. The van der Waals surface area contributed by atoms with Crippen molar-refractivity contribution in [3.8, 4) is 11.1 Å². The van der Waals surface area contributed by atoms with Gasteiger partial charge in [0.2, 0.25) is 0 Å². The number of fused-ring (bicyclic) bond motifs is 7. The van der Waals surface area contributed by atoms with E-state index in [1.807, 2.05) is 12.1 Å². The highest BCUT2D eigenvalue weighted by molar-refractivity contribution is 6.06. The van der Waals surface area contributed by atoms with Crippen LogP contribution in [0.3, 0.4) is 0 Å². The van der Waals surface area contributed by atoms with Crippen LogP contribution in [-0.2, 0) is 5.41 Å². The first-order valence-electron chi connectivity index (χ1n) is 13.5. The molecule has 0 saturated carbocycles. The molecule has 1 heterocycles. The van der Waals surface area contributed by atoms with Crippen LogP contribution in [0, 0.1) is 0 Å². The van der Waals surface area contributed by atoms with Crippen LogP contribution in [0.2, 0.25) is 0 Å². The van der Waals surface area contributed by atoms with Crippen LogP contribution in [0.4, 0.5) is 17.1 Å². The SMILES string of the molecule is CC1(C)c2ccccc2-c2cc3ccc(N(c4ccccc4)c4ccc5c(c4)oc4ccccc45)cc3cc21. The predicted octanol–water partition coefficient (Wildman–Crippen LogP) is 10.5. The topological polar surface area (TPSA) is 16.4 Å². The minimum atomic E-state index is -0.0262. The van der Waals surface area contributed by atoms with Crippen LogP contribution in [-0.4, -0.2) is 0 Å². The van der Waals surface area contributed by atoms with Gasteiger partial charge in [0.15, 0.2) is 0 Å². The van der Waals surface area contributed by atoms with E-state index in [0.29, 0.717) is 0 Å². The first-order chi connectivity index (χ1) is 19.1. The Hall–Kier alpha value is -4.82. The van der Waals surface area contributed by atoms with Crippen molar-refractivity contribution in [3.05, 3.63) is 139 Å². The molecular weight excluding hydrogens is 474 g/mol. The molecule has 1 aromatic heterocycles. The minimum absolute atomic E-state index is 0.0262. The summed E-state index contributed by atoms with van der Waals surface area (Å²) in [6.07, 6.45) is 0. The van der Waals surface area contributed by atoms with Crippen molar-refractivity contribution in [3.63, 3.8) is 0 Å². The monoisotopic (exact) mass is 501 g/mol. The third-order valence-electron chi connectivity index (χ3n) is 8.42. The van der Waals surface area contributed by atoms with Crippen molar-refractivity contribution in [2.24, 2.45) is 0 Å². The number of rotatable bonds is 3. The molecule has 0 unspecified atom stereocenters. The van der Waals surface area contributed by atoms with Gasteiger partial charge >= 0.3 is 0 Å². The van der Waals surface area contributed by atoms with Crippen LogP contribution < -0.4 is 4.90 Å². The molecule has 39 heavy (non-hydrogen) atoms. The van der Waals surface area contributed by atoms with Crippen LogP contribution in [0.15, 0.2) is 132 Å². The van der Waals surface area contributed by atoms with Gasteiger partial charge in [0.1, 0.15) is 11.2 Å². The number of anilines is 3. The maximum absolute atomic E-state index is 6.26. The quantitative estimate of drug-likeness (QED) is 0.239. The maximum Gasteiger partial charge on any atom is 0.137 e. The van der Waals surface area contributed by atoms with E-state index >= 15 is 0 Å². The van der Waals surface area contributed by atoms with E-state index < -0.39 is 0 Å². The molecule has 1 aliphatic rings. The summed E-state index contributed by atoms with van der Waals surface area (Å²) >= 11 is 0. The highest BCUT2D eigenvalue weighted by Crippen LogP contribution is 2.50. The summed E-state index contributed by atoms with van der Waals surface area (Å²) in [7, 11) is 0. The molecule has 2 nitrogen and oxygen atoms in total. The van der Waals surface area contributed by atoms with Gasteiger partial charge in [0, 0.05) is 39.3 Å². The molecule has 0 bridgehead atoms. The smallest absolute Gasteiger partial charge is 0.137 e. The number of benzene rings is 6. The van der Waals surface area contributed by atoms with Gasteiger partial charge in [-0.1, -0.05) is 80.6 Å². The molecule has 0 aliphatic heterocycles. The van der Waals surface area contributed by atoms with E-state index in [1.54, 1.807) is 0 Å². The highest BCUT2D eigenvalue weighted by Gasteiger charge is 2.35. The van der Waals surface area contributed by atoms with E-state index in [-0.39, 0.29) is 5.41 Å². The average Bonchev–Trinajstić information content (AvgIpc) is 3.45. The number of nitrogens with zero attached hydrogens (tertiary/aromatic N) is 1. The van der Waals surface area contributed by atoms with Gasteiger partial charge in [-0.05, 0) is 87.6 Å². The summed E-state index contributed by atoms with van der Waals surface area (Å²) in [5.41, 5.74) is 10.6. The zero-order chi connectivity index (χ0) is 26.1. The minimum Gasteiger partial charge on any atom is -0.456 e. The second-order valence-electron chi connectivity index (χ2n) is 11.0. The summed E-state index contributed by atoms with van der Waals surface area (Å²) in [6.45, 7) is 4.68. The highest BCUT2D eigenvalue weighted by atomic mass is 16.3. The number of para-hydroxylation sites is 2. The Morgan fingerprint density at radius 2 is 1.21 bits per heavy atom. The fraction of sp³-hybridized carbons (Fsp3) is 0.0811. The number of hydrogen-bond donors (Lipinski definition) is 0. The van der Waals surface area contributed by atoms with Gasteiger partial charge in [-0.25, -0.2) is 0 Å². The Morgan fingerprint density at radius 3 is 2.10 bits per heavy atom. The van der Waals surface area contributed by atoms with Gasteiger partial charge in [0.05, 0.1) is 0 Å². The summed E-state index contributed by atoms with van der Waals surface area (Å²) in [4.78, 5) is 2.32. The maximum atomic E-state index is 6.26. The van der Waals surface area contributed by atoms with Gasteiger partial charge in [-0.2, -0.15) is 0 Å². The summed E-state index contributed by atoms with van der Waals surface area (Å²) in [5.74, 6) is 0. The Labute approximate surface area is 227 Å². The van der Waals surface area contributed by atoms with E-state index in [2.05, 4.69) is 134 Å². The Kier molecular flexibility index (Phi) is 4.60. The zero-order valence-electron chi connectivity index (χ0n) is 22.0. The summed E-state index contributed by atoms with van der Waals surface area (Å²) in [6, 6.07) is 45.8. The molecule has 186 valence electrons. The first-order valence-corrected chi connectivity index (χ1v) is 13.5. The van der Waals surface area contributed by atoms with E-state index in [1.165, 1.54) is 33.0 Å². The van der Waals surface area contributed by atoms with Crippen molar-refractivity contribution < 1.29 is 4.42 Å². The molecule has 0 amide bonds. The lowest BCUT2D eigenvalue weighted by molar-refractivity contribution is 0.661. The molecule has 6 aromatic carbocycles. The Balaban J connectivity index is 1.31. The van der Waals surface area contributed by atoms with Crippen LogP contribution in [0.25, 0.3) is 43.8 Å². The fourth-order valence-electron chi connectivity index (χ4n) is 6.45. The van der Waals surface area contributed by atoms with Crippen molar-refractivity contribution >= 4 is 49.8 Å². The van der Waals surface area contributed by atoms with Crippen LogP contribution in [0.1, 0.15) is 25.0 Å². The van der Waals surface area contributed by atoms with Gasteiger partial charge in [0.25, 0.3) is 0 Å². The molecule has 2 heteroatoms. The third kappa shape index (κ3) is 3.28. The molecule has 8 rings (SSSR count). The van der Waals surface area contributed by atoms with Crippen molar-refractivity contribution in [1.82, 2.24) is 0 Å². The normalized spacial score (nSPS) is 13.6. The lowest BCUT2D eigenvalue weighted by atomic mass is 9.82. The largest absolute Gasteiger partial charge is 0.456 e. The first kappa shape index (κ1) is 22.2. The van der Waals surface area contributed by atoms with Crippen molar-refractivity contribution in [2.75, 3.05) is 4.90 Å². The molecule has 0 radical (unpaired) electrons. The standard InChI is InChI=1S/C37H27NO/c1-37(2)33-14-8-6-12-29(33)32-21-24-16-17-27(20-25(24)22-34(32)37)38(26-10-4-3-5-11-26)28-18-19-31-30-13-7-9-15-35(30)39-36(31)23-28/h3-23H,1-2H3. The molecular formula is C37H27NO. The Bertz CT molecular complexity index is 2050. The summed E-state index contributed by atoms with van der Waals surface area (Å²) < 4.78 is 6.26. The van der Waals surface area contributed by atoms with E-state index in [0.717, 1.165) is 39.0 Å². The molecule has 7 aromatic rings. The van der Waals surface area contributed by atoms with Crippen molar-refractivity contribution in [2.45, 2.75) is 19.3 Å². The number of hydrogen-bond acceptors (Lipinski definition) is 2. The van der Waals surface area contributed by atoms with Crippen LogP contribution in [0.5, 0.6) is 0 Å². The van der Waals surface area contributed by atoms with Crippen molar-refractivity contribution in [1.29, 1.82) is 0 Å². The zero-order valence-corrected chi connectivity index (χ0v) is 22.0. The second kappa shape index (κ2) is 8.09. The molecule has 0 N–H and O–H groups in total. The Morgan fingerprint density at radius 1 is 0.487 bits per heavy atom. The average molecular weight is 502 g/mol. The molecule has 0 atom stereocenters. The lowest BCUT2D eigenvalue weighted by Gasteiger charge is -2.26. The van der Waals surface area contributed by atoms with Gasteiger partial charge in [-0.3, -0.25) is 0 Å². The molecule has 0 spiro atoms. The fourth-order valence-corrected chi connectivity index (χ4v) is 6.45.